The summed E-state index contributed by atoms with van der Waals surface area (Å²) in [4.78, 5) is 2.49. The molecule has 2 aliphatic rings. The average molecular weight is 125 g/mol. The predicted octanol–water partition coefficient (Wildman–Crippen LogP) is 1.35. The third-order valence-electron chi connectivity index (χ3n) is 2.98. The maximum atomic E-state index is 2.49. The third-order valence-corrected chi connectivity index (χ3v) is 2.98. The molecule has 0 radical (unpaired) electrons. The standard InChI is InChI=1S/C8H15N/c1-6-3-7-5-9(2)8(7)4-6/h6-8H,3-5H2,1-2H3. The largest absolute Gasteiger partial charge is 0.303 e. The summed E-state index contributed by atoms with van der Waals surface area (Å²) in [6.45, 7) is 3.75. The van der Waals surface area contributed by atoms with Gasteiger partial charge in [-0.15, -0.1) is 0 Å². The number of fused-ring (bicyclic) bond motifs is 1. The van der Waals surface area contributed by atoms with E-state index in [-0.39, 0.29) is 0 Å². The number of likely N-dealkylation sites (tertiary alicyclic amines) is 1. The van der Waals surface area contributed by atoms with Gasteiger partial charge >= 0.3 is 0 Å². The molecule has 0 aromatic rings. The Morgan fingerprint density at radius 1 is 1.33 bits per heavy atom. The number of rotatable bonds is 0. The molecular weight excluding hydrogens is 110 g/mol. The van der Waals surface area contributed by atoms with Crippen molar-refractivity contribution in [2.24, 2.45) is 11.8 Å². The van der Waals surface area contributed by atoms with Gasteiger partial charge in [-0.25, -0.2) is 0 Å². The van der Waals surface area contributed by atoms with Crippen LogP contribution >= 0.6 is 0 Å². The molecule has 0 spiro atoms. The first-order valence-corrected chi connectivity index (χ1v) is 3.97. The van der Waals surface area contributed by atoms with E-state index in [9.17, 15) is 0 Å². The highest BCUT2D eigenvalue weighted by Crippen LogP contribution is 2.40. The van der Waals surface area contributed by atoms with E-state index in [1.165, 1.54) is 19.4 Å². The zero-order chi connectivity index (χ0) is 6.43. The molecule has 1 aliphatic carbocycles. The van der Waals surface area contributed by atoms with Gasteiger partial charge in [0.1, 0.15) is 0 Å². The number of hydrogen-bond donors (Lipinski definition) is 0. The van der Waals surface area contributed by atoms with Crippen LogP contribution in [-0.4, -0.2) is 24.5 Å². The van der Waals surface area contributed by atoms with Crippen molar-refractivity contribution in [1.82, 2.24) is 4.90 Å². The topological polar surface area (TPSA) is 3.24 Å². The molecule has 1 heterocycles. The van der Waals surface area contributed by atoms with Crippen LogP contribution < -0.4 is 0 Å². The molecule has 0 amide bonds. The van der Waals surface area contributed by atoms with Crippen molar-refractivity contribution in [2.45, 2.75) is 25.8 Å². The Morgan fingerprint density at radius 2 is 2.11 bits per heavy atom. The maximum absolute atomic E-state index is 2.49. The van der Waals surface area contributed by atoms with E-state index >= 15 is 0 Å². The molecule has 0 aromatic carbocycles. The van der Waals surface area contributed by atoms with E-state index in [0.29, 0.717) is 0 Å². The van der Waals surface area contributed by atoms with Gasteiger partial charge in [-0.3, -0.25) is 0 Å². The van der Waals surface area contributed by atoms with Crippen molar-refractivity contribution < 1.29 is 0 Å². The summed E-state index contributed by atoms with van der Waals surface area (Å²) >= 11 is 0. The van der Waals surface area contributed by atoms with E-state index in [1.54, 1.807) is 0 Å². The second-order valence-electron chi connectivity index (χ2n) is 3.84. The van der Waals surface area contributed by atoms with E-state index in [1.807, 2.05) is 0 Å². The first-order valence-electron chi connectivity index (χ1n) is 3.97. The Bertz CT molecular complexity index is 122. The van der Waals surface area contributed by atoms with Gasteiger partial charge in [-0.1, -0.05) is 6.92 Å². The summed E-state index contributed by atoms with van der Waals surface area (Å²) in [6, 6.07) is 0.972. The lowest BCUT2D eigenvalue weighted by Gasteiger charge is -2.41. The van der Waals surface area contributed by atoms with Crippen molar-refractivity contribution >= 4 is 0 Å². The molecule has 1 saturated carbocycles. The number of hydrogen-bond acceptors (Lipinski definition) is 1. The van der Waals surface area contributed by atoms with Crippen LogP contribution in [0.15, 0.2) is 0 Å². The average Bonchev–Trinajstić information content (AvgIpc) is 2.08. The maximum Gasteiger partial charge on any atom is 0.0135 e. The fraction of sp³-hybridized carbons (Fsp3) is 1.00. The normalized spacial score (nSPS) is 50.7. The van der Waals surface area contributed by atoms with Crippen LogP contribution in [0.4, 0.5) is 0 Å². The highest BCUT2D eigenvalue weighted by molar-refractivity contribution is 4.96. The highest BCUT2D eigenvalue weighted by atomic mass is 15.2. The Hall–Kier alpha value is -0.0400. The monoisotopic (exact) mass is 125 g/mol. The van der Waals surface area contributed by atoms with Gasteiger partial charge in [0.05, 0.1) is 0 Å². The molecular formula is C8H15N. The van der Waals surface area contributed by atoms with Crippen LogP contribution in [0.5, 0.6) is 0 Å². The van der Waals surface area contributed by atoms with Crippen LogP contribution in [0, 0.1) is 11.8 Å². The van der Waals surface area contributed by atoms with Crippen molar-refractivity contribution in [3.8, 4) is 0 Å². The molecule has 3 unspecified atom stereocenters. The molecule has 1 aliphatic heterocycles. The van der Waals surface area contributed by atoms with Gasteiger partial charge in [0.25, 0.3) is 0 Å². The third kappa shape index (κ3) is 0.710. The molecule has 3 atom stereocenters. The van der Waals surface area contributed by atoms with Crippen LogP contribution in [0.2, 0.25) is 0 Å². The molecule has 9 heavy (non-hydrogen) atoms. The van der Waals surface area contributed by atoms with Crippen LogP contribution in [0.1, 0.15) is 19.8 Å². The molecule has 52 valence electrons. The van der Waals surface area contributed by atoms with Crippen molar-refractivity contribution in [3.63, 3.8) is 0 Å². The Kier molecular flexibility index (Phi) is 1.10. The van der Waals surface area contributed by atoms with Crippen molar-refractivity contribution in [2.75, 3.05) is 13.6 Å². The van der Waals surface area contributed by atoms with E-state index in [0.717, 1.165) is 17.9 Å². The molecule has 1 heteroatoms. The SMILES string of the molecule is CC1CC2CN(C)C2C1. The Balaban J connectivity index is 2.00. The zero-order valence-corrected chi connectivity index (χ0v) is 6.30. The first-order chi connectivity index (χ1) is 4.27. The summed E-state index contributed by atoms with van der Waals surface area (Å²) in [6.07, 6.45) is 2.95. The van der Waals surface area contributed by atoms with Gasteiger partial charge in [0, 0.05) is 12.6 Å². The Labute approximate surface area is 57.0 Å². The molecule has 1 nitrogen and oxygen atoms in total. The molecule has 0 bridgehead atoms. The van der Waals surface area contributed by atoms with Crippen LogP contribution in [0.3, 0.4) is 0 Å². The van der Waals surface area contributed by atoms with Crippen molar-refractivity contribution in [1.29, 1.82) is 0 Å². The lowest BCUT2D eigenvalue weighted by Crippen LogP contribution is -2.50. The van der Waals surface area contributed by atoms with E-state index < -0.39 is 0 Å². The lowest BCUT2D eigenvalue weighted by atomic mass is 9.93. The fourth-order valence-corrected chi connectivity index (χ4v) is 2.48. The molecule has 2 fully saturated rings. The van der Waals surface area contributed by atoms with Crippen molar-refractivity contribution in [3.05, 3.63) is 0 Å². The summed E-state index contributed by atoms with van der Waals surface area (Å²) < 4.78 is 0. The summed E-state index contributed by atoms with van der Waals surface area (Å²) in [5.41, 5.74) is 0. The van der Waals surface area contributed by atoms with Gasteiger partial charge in [-0.2, -0.15) is 0 Å². The second kappa shape index (κ2) is 1.72. The highest BCUT2D eigenvalue weighted by Gasteiger charge is 2.42. The lowest BCUT2D eigenvalue weighted by molar-refractivity contribution is 0.0679. The van der Waals surface area contributed by atoms with E-state index in [2.05, 4.69) is 18.9 Å². The van der Waals surface area contributed by atoms with Gasteiger partial charge < -0.3 is 4.90 Å². The first kappa shape index (κ1) is 5.72. The van der Waals surface area contributed by atoms with Gasteiger partial charge in [-0.05, 0) is 31.7 Å². The fourth-order valence-electron chi connectivity index (χ4n) is 2.48. The van der Waals surface area contributed by atoms with Crippen LogP contribution in [-0.2, 0) is 0 Å². The number of nitrogens with zero attached hydrogens (tertiary/aromatic N) is 1. The Morgan fingerprint density at radius 3 is 2.56 bits per heavy atom. The minimum Gasteiger partial charge on any atom is -0.303 e. The minimum absolute atomic E-state index is 0.972. The molecule has 1 saturated heterocycles. The van der Waals surface area contributed by atoms with Gasteiger partial charge in [0.15, 0.2) is 0 Å². The van der Waals surface area contributed by atoms with E-state index in [4.69, 9.17) is 0 Å². The van der Waals surface area contributed by atoms with Crippen LogP contribution in [0.25, 0.3) is 0 Å². The molecule has 0 N–H and O–H groups in total. The summed E-state index contributed by atoms with van der Waals surface area (Å²) in [7, 11) is 2.25. The summed E-state index contributed by atoms with van der Waals surface area (Å²) in [5.74, 6) is 2.08. The predicted molar refractivity (Wildman–Crippen MR) is 38.3 cm³/mol. The minimum atomic E-state index is 0.972. The molecule has 2 rings (SSSR count). The summed E-state index contributed by atoms with van der Waals surface area (Å²) in [5, 5.41) is 0. The zero-order valence-electron chi connectivity index (χ0n) is 6.30. The quantitative estimate of drug-likeness (QED) is 0.472. The smallest absolute Gasteiger partial charge is 0.0135 e. The van der Waals surface area contributed by atoms with Gasteiger partial charge in [0.2, 0.25) is 0 Å². The second-order valence-corrected chi connectivity index (χ2v) is 3.84. The molecule has 0 aromatic heterocycles.